The second-order valence-electron chi connectivity index (χ2n) is 5.12. The van der Waals surface area contributed by atoms with Gasteiger partial charge in [-0.05, 0) is 25.8 Å². The summed E-state index contributed by atoms with van der Waals surface area (Å²) in [5.74, 6) is 2.50. The minimum Gasteiger partial charge on any atom is -0.497 e. The molecule has 0 amide bonds. The molecule has 1 aromatic carbocycles. The van der Waals surface area contributed by atoms with Crippen LogP contribution in [0.1, 0.15) is 35.0 Å². The summed E-state index contributed by atoms with van der Waals surface area (Å²) in [6.07, 6.45) is 1.87. The van der Waals surface area contributed by atoms with Crippen LogP contribution in [0, 0.1) is 6.92 Å². The topological polar surface area (TPSA) is 44.2 Å². The van der Waals surface area contributed by atoms with Crippen LogP contribution < -0.4 is 9.47 Å². The van der Waals surface area contributed by atoms with Crippen LogP contribution in [-0.4, -0.2) is 24.2 Å². The first-order valence-corrected chi connectivity index (χ1v) is 7.26. The summed E-state index contributed by atoms with van der Waals surface area (Å²) in [4.78, 5) is 8.85. The Morgan fingerprint density at radius 3 is 2.71 bits per heavy atom. The highest BCUT2D eigenvalue weighted by atomic mass is 35.5. The zero-order valence-corrected chi connectivity index (χ0v) is 13.1. The number of ether oxygens (including phenoxy) is 2. The van der Waals surface area contributed by atoms with E-state index in [4.69, 9.17) is 21.1 Å². The Bertz CT molecular complexity index is 688. The molecule has 1 heterocycles. The van der Waals surface area contributed by atoms with E-state index >= 15 is 0 Å². The summed E-state index contributed by atoms with van der Waals surface area (Å²) in [6, 6.07) is 5.90. The van der Waals surface area contributed by atoms with E-state index < -0.39 is 0 Å². The number of fused-ring (bicyclic) bond motifs is 1. The molecule has 1 aliphatic rings. The highest BCUT2D eigenvalue weighted by Gasteiger charge is 2.30. The summed E-state index contributed by atoms with van der Waals surface area (Å²) < 4.78 is 10.8. The molecule has 1 aromatic heterocycles. The molecule has 21 heavy (non-hydrogen) atoms. The van der Waals surface area contributed by atoms with Crippen LogP contribution in [0.4, 0.5) is 0 Å². The number of rotatable bonds is 3. The van der Waals surface area contributed by atoms with Gasteiger partial charge in [0.2, 0.25) is 0 Å². The molecule has 0 radical (unpaired) electrons. The van der Waals surface area contributed by atoms with E-state index in [9.17, 15) is 0 Å². The Kier molecular flexibility index (Phi) is 3.72. The predicted molar refractivity (Wildman–Crippen MR) is 81.5 cm³/mol. The lowest BCUT2D eigenvalue weighted by Crippen LogP contribution is -2.04. The smallest absolute Gasteiger partial charge is 0.136 e. The molecule has 0 spiro atoms. The Hall–Kier alpha value is -1.81. The maximum atomic E-state index is 6.25. The average molecular weight is 305 g/mol. The summed E-state index contributed by atoms with van der Waals surface area (Å²) in [5, 5.41) is 0.576. The van der Waals surface area contributed by atoms with Gasteiger partial charge < -0.3 is 9.47 Å². The molecule has 3 rings (SSSR count). The first kappa shape index (κ1) is 14.1. The van der Waals surface area contributed by atoms with Gasteiger partial charge in [0.15, 0.2) is 0 Å². The van der Waals surface area contributed by atoms with Crippen molar-refractivity contribution < 1.29 is 9.47 Å². The number of nitrogens with zero attached hydrogens (tertiary/aromatic N) is 2. The Morgan fingerprint density at radius 2 is 2.00 bits per heavy atom. The van der Waals surface area contributed by atoms with Crippen LogP contribution in [-0.2, 0) is 6.42 Å². The molecule has 5 heteroatoms. The van der Waals surface area contributed by atoms with E-state index in [0.717, 1.165) is 41.2 Å². The third-order valence-electron chi connectivity index (χ3n) is 3.93. The number of methoxy groups -OCH3 is 2. The fourth-order valence-corrected chi connectivity index (χ4v) is 3.25. The fraction of sp³-hybridized carbons (Fsp3) is 0.375. The van der Waals surface area contributed by atoms with Crippen molar-refractivity contribution >= 4 is 11.6 Å². The van der Waals surface area contributed by atoms with Gasteiger partial charge in [0.1, 0.15) is 22.5 Å². The number of halogens is 1. The van der Waals surface area contributed by atoms with Crippen LogP contribution in [0.25, 0.3) is 0 Å². The van der Waals surface area contributed by atoms with Gasteiger partial charge >= 0.3 is 0 Å². The van der Waals surface area contributed by atoms with Crippen LogP contribution in [0.5, 0.6) is 11.5 Å². The van der Waals surface area contributed by atoms with Gasteiger partial charge in [0.05, 0.1) is 19.9 Å². The summed E-state index contributed by atoms with van der Waals surface area (Å²) >= 11 is 6.25. The molecular weight excluding hydrogens is 288 g/mol. The number of aromatic nitrogens is 2. The Balaban J connectivity index is 2.09. The van der Waals surface area contributed by atoms with Crippen molar-refractivity contribution in [2.24, 2.45) is 0 Å². The standard InChI is InChI=1S/C16H17ClN2O2/c1-9-18-15-12(6-7-13(15)16(17)19-9)11-5-4-10(20-2)8-14(11)21-3/h4-5,8,12H,6-7H2,1-3H3. The lowest BCUT2D eigenvalue weighted by Gasteiger charge is -2.16. The van der Waals surface area contributed by atoms with Crippen molar-refractivity contribution in [2.45, 2.75) is 25.7 Å². The lowest BCUT2D eigenvalue weighted by molar-refractivity contribution is 0.389. The van der Waals surface area contributed by atoms with Gasteiger partial charge in [-0.2, -0.15) is 0 Å². The van der Waals surface area contributed by atoms with Gasteiger partial charge in [-0.25, -0.2) is 9.97 Å². The Morgan fingerprint density at radius 1 is 1.19 bits per heavy atom. The van der Waals surface area contributed by atoms with Crippen LogP contribution in [0.3, 0.4) is 0 Å². The second-order valence-corrected chi connectivity index (χ2v) is 5.48. The van der Waals surface area contributed by atoms with Gasteiger partial charge in [-0.15, -0.1) is 0 Å². The number of hydrogen-bond acceptors (Lipinski definition) is 4. The van der Waals surface area contributed by atoms with Gasteiger partial charge in [-0.1, -0.05) is 17.7 Å². The highest BCUT2D eigenvalue weighted by molar-refractivity contribution is 6.30. The maximum absolute atomic E-state index is 6.25. The molecule has 0 aliphatic heterocycles. The first-order valence-electron chi connectivity index (χ1n) is 6.89. The molecule has 0 fully saturated rings. The SMILES string of the molecule is COc1ccc(C2CCc3c(Cl)nc(C)nc32)c(OC)c1. The van der Waals surface area contributed by atoms with E-state index in [2.05, 4.69) is 9.97 Å². The fourth-order valence-electron chi connectivity index (χ4n) is 2.94. The molecule has 1 atom stereocenters. The normalized spacial score (nSPS) is 16.7. The Labute approximate surface area is 129 Å². The van der Waals surface area contributed by atoms with E-state index in [1.165, 1.54) is 0 Å². The number of aryl methyl sites for hydroxylation is 1. The zero-order valence-electron chi connectivity index (χ0n) is 12.3. The largest absolute Gasteiger partial charge is 0.497 e. The predicted octanol–water partition coefficient (Wildman–Crippen LogP) is 3.53. The minimum atomic E-state index is 0.194. The molecular formula is C16H17ClN2O2. The van der Waals surface area contributed by atoms with Gasteiger partial charge in [0, 0.05) is 23.1 Å². The molecule has 0 saturated carbocycles. The average Bonchev–Trinajstić information content (AvgIpc) is 2.90. The summed E-state index contributed by atoms with van der Waals surface area (Å²) in [7, 11) is 3.32. The van der Waals surface area contributed by atoms with Crippen molar-refractivity contribution in [3.63, 3.8) is 0 Å². The van der Waals surface area contributed by atoms with Crippen LogP contribution in [0.2, 0.25) is 5.15 Å². The van der Waals surface area contributed by atoms with Crippen molar-refractivity contribution in [1.29, 1.82) is 0 Å². The third-order valence-corrected chi connectivity index (χ3v) is 4.24. The maximum Gasteiger partial charge on any atom is 0.136 e. The molecule has 2 aromatic rings. The molecule has 110 valence electrons. The minimum absolute atomic E-state index is 0.194. The van der Waals surface area contributed by atoms with Crippen LogP contribution in [0.15, 0.2) is 18.2 Å². The number of benzene rings is 1. The quantitative estimate of drug-likeness (QED) is 0.814. The van der Waals surface area contributed by atoms with E-state index in [0.29, 0.717) is 11.0 Å². The van der Waals surface area contributed by atoms with Crippen molar-refractivity contribution in [3.05, 3.63) is 46.0 Å². The molecule has 0 bridgehead atoms. The highest BCUT2D eigenvalue weighted by Crippen LogP contribution is 2.43. The van der Waals surface area contributed by atoms with Crippen molar-refractivity contribution in [2.75, 3.05) is 14.2 Å². The van der Waals surface area contributed by atoms with Gasteiger partial charge in [-0.3, -0.25) is 0 Å². The van der Waals surface area contributed by atoms with Crippen molar-refractivity contribution in [3.8, 4) is 11.5 Å². The number of hydrogen-bond donors (Lipinski definition) is 0. The summed E-state index contributed by atoms with van der Waals surface area (Å²) in [5.41, 5.74) is 3.20. The third kappa shape index (κ3) is 2.44. The van der Waals surface area contributed by atoms with E-state index in [1.807, 2.05) is 25.1 Å². The van der Waals surface area contributed by atoms with Crippen LogP contribution >= 0.6 is 11.6 Å². The van der Waals surface area contributed by atoms with E-state index in [1.54, 1.807) is 14.2 Å². The van der Waals surface area contributed by atoms with Gasteiger partial charge in [0.25, 0.3) is 0 Å². The second kappa shape index (κ2) is 5.53. The van der Waals surface area contributed by atoms with Crippen molar-refractivity contribution in [1.82, 2.24) is 9.97 Å². The zero-order chi connectivity index (χ0) is 15.0. The first-order chi connectivity index (χ1) is 10.1. The lowest BCUT2D eigenvalue weighted by atomic mass is 9.95. The molecule has 4 nitrogen and oxygen atoms in total. The monoisotopic (exact) mass is 304 g/mol. The summed E-state index contributed by atoms with van der Waals surface area (Å²) in [6.45, 7) is 1.87. The van der Waals surface area contributed by atoms with E-state index in [-0.39, 0.29) is 5.92 Å². The molecule has 0 N–H and O–H groups in total. The molecule has 1 aliphatic carbocycles. The molecule has 0 saturated heterocycles. The molecule has 1 unspecified atom stereocenters.